The molecule has 1 saturated carbocycles. The smallest absolute Gasteiger partial charge is 0.251 e. The van der Waals surface area contributed by atoms with Crippen molar-refractivity contribution in [3.63, 3.8) is 0 Å². The quantitative estimate of drug-likeness (QED) is 0.748. The van der Waals surface area contributed by atoms with E-state index >= 15 is 0 Å². The largest absolute Gasteiger partial charge is 0.483 e. The molecule has 1 aliphatic heterocycles. The van der Waals surface area contributed by atoms with Gasteiger partial charge in [-0.1, -0.05) is 24.3 Å². The van der Waals surface area contributed by atoms with Gasteiger partial charge in [0.05, 0.1) is 5.52 Å². The fourth-order valence-electron chi connectivity index (χ4n) is 4.16. The molecule has 3 aromatic rings. The van der Waals surface area contributed by atoms with E-state index in [-0.39, 0.29) is 12.0 Å². The maximum atomic E-state index is 12.9. The van der Waals surface area contributed by atoms with Crippen molar-refractivity contribution in [2.75, 3.05) is 0 Å². The number of aromatic nitrogens is 2. The summed E-state index contributed by atoms with van der Waals surface area (Å²) in [5.41, 5.74) is 5.97. The van der Waals surface area contributed by atoms with Crippen molar-refractivity contribution in [2.45, 2.75) is 51.7 Å². The third-order valence-electron chi connectivity index (χ3n) is 6.07. The summed E-state index contributed by atoms with van der Waals surface area (Å²) in [5, 5.41) is 3.14. The second kappa shape index (κ2) is 6.36. The highest BCUT2D eigenvalue weighted by Crippen LogP contribution is 2.42. The van der Waals surface area contributed by atoms with Crippen LogP contribution in [0.25, 0.3) is 11.0 Å². The summed E-state index contributed by atoms with van der Waals surface area (Å²) in [6.07, 6.45) is 3.81. The van der Waals surface area contributed by atoms with Crippen LogP contribution in [-0.2, 0) is 13.5 Å². The molecule has 0 bridgehead atoms. The summed E-state index contributed by atoms with van der Waals surface area (Å²) in [4.78, 5) is 17.7. The van der Waals surface area contributed by atoms with E-state index in [0.717, 1.165) is 59.4 Å². The van der Waals surface area contributed by atoms with E-state index in [9.17, 15) is 4.79 Å². The molecule has 2 aliphatic rings. The number of nitrogens with one attached hydrogen (secondary N) is 1. The molecule has 0 saturated heterocycles. The minimum atomic E-state index is -0.0130. The van der Waals surface area contributed by atoms with E-state index in [1.807, 2.05) is 24.6 Å². The van der Waals surface area contributed by atoms with Crippen LogP contribution in [0.15, 0.2) is 30.3 Å². The molecular weight excluding hydrogens is 350 g/mol. The first kappa shape index (κ1) is 17.3. The zero-order chi connectivity index (χ0) is 19.4. The van der Waals surface area contributed by atoms with Gasteiger partial charge in [-0.15, -0.1) is 0 Å². The topological polar surface area (TPSA) is 56.2 Å². The number of hydrogen-bond acceptors (Lipinski definition) is 3. The van der Waals surface area contributed by atoms with Gasteiger partial charge in [-0.05, 0) is 56.7 Å². The number of carbonyl (C=O) groups is 1. The molecule has 28 heavy (non-hydrogen) atoms. The molecule has 0 radical (unpaired) electrons. The first-order valence-corrected chi connectivity index (χ1v) is 10.0. The molecule has 5 rings (SSSR count). The minimum absolute atomic E-state index is 0.0115. The molecule has 144 valence electrons. The molecule has 1 amide bonds. The maximum absolute atomic E-state index is 12.9. The van der Waals surface area contributed by atoms with Crippen molar-refractivity contribution >= 4 is 16.9 Å². The van der Waals surface area contributed by atoms with E-state index in [1.165, 1.54) is 11.1 Å². The Bertz CT molecular complexity index is 1090. The first-order valence-electron chi connectivity index (χ1n) is 10.0. The molecular formula is C23H25N3O2. The average molecular weight is 375 g/mol. The van der Waals surface area contributed by atoms with Crippen LogP contribution in [0.3, 0.4) is 0 Å². The summed E-state index contributed by atoms with van der Waals surface area (Å²) in [7, 11) is 1.99. The summed E-state index contributed by atoms with van der Waals surface area (Å²) in [6.45, 7) is 4.10. The monoisotopic (exact) mass is 375 g/mol. The Hall–Kier alpha value is -2.82. The molecule has 5 nitrogen and oxygen atoms in total. The lowest BCUT2D eigenvalue weighted by Crippen LogP contribution is -2.28. The molecule has 0 spiro atoms. The van der Waals surface area contributed by atoms with E-state index in [4.69, 9.17) is 9.72 Å². The SMILES string of the molecule is Cc1ccccc1[C@@H]1CCc2c(C(=O)NC3CC3)cc3c(nc(C)n3C)c2O1. The van der Waals surface area contributed by atoms with Crippen LogP contribution in [0.1, 0.15) is 58.2 Å². The van der Waals surface area contributed by atoms with Crippen molar-refractivity contribution in [2.24, 2.45) is 7.05 Å². The number of carbonyl (C=O) groups excluding carboxylic acids is 1. The van der Waals surface area contributed by atoms with Crippen LogP contribution < -0.4 is 10.1 Å². The highest BCUT2D eigenvalue weighted by molar-refractivity contribution is 6.02. The predicted octanol–water partition coefficient (Wildman–Crippen LogP) is 4.15. The standard InChI is InChI=1S/C23H25N3O2/c1-13-6-4-5-7-16(13)20-11-10-17-18(23(27)25-15-8-9-15)12-19-21(22(17)28-20)24-14(2)26(19)3/h4-7,12,15,20H,8-11H2,1-3H3,(H,25,27)/t20-/m0/s1. The lowest BCUT2D eigenvalue weighted by Gasteiger charge is -2.29. The van der Waals surface area contributed by atoms with Crippen LogP contribution in [-0.4, -0.2) is 21.5 Å². The lowest BCUT2D eigenvalue weighted by atomic mass is 9.91. The fourth-order valence-corrected chi connectivity index (χ4v) is 4.16. The number of aryl methyl sites for hydroxylation is 3. The molecule has 2 heterocycles. The number of amides is 1. The predicted molar refractivity (Wildman–Crippen MR) is 109 cm³/mol. The number of rotatable bonds is 3. The summed E-state index contributed by atoms with van der Waals surface area (Å²) < 4.78 is 8.57. The Balaban J connectivity index is 1.64. The van der Waals surface area contributed by atoms with Crippen molar-refractivity contribution in [3.05, 3.63) is 58.4 Å². The summed E-state index contributed by atoms with van der Waals surface area (Å²) in [5.74, 6) is 1.71. The second-order valence-electron chi connectivity index (χ2n) is 8.07. The Morgan fingerprint density at radius 3 is 2.75 bits per heavy atom. The van der Waals surface area contributed by atoms with E-state index in [2.05, 4.69) is 36.5 Å². The number of ether oxygens (including phenoxy) is 1. The normalized spacial score (nSPS) is 18.6. The van der Waals surface area contributed by atoms with Gasteiger partial charge in [0.2, 0.25) is 0 Å². The van der Waals surface area contributed by atoms with Crippen LogP contribution in [0.4, 0.5) is 0 Å². The van der Waals surface area contributed by atoms with Crippen molar-refractivity contribution in [1.82, 2.24) is 14.9 Å². The van der Waals surface area contributed by atoms with Gasteiger partial charge in [-0.25, -0.2) is 4.98 Å². The molecule has 1 atom stereocenters. The van der Waals surface area contributed by atoms with Crippen molar-refractivity contribution in [3.8, 4) is 5.75 Å². The number of hydrogen-bond donors (Lipinski definition) is 1. The number of imidazole rings is 1. The lowest BCUT2D eigenvalue weighted by molar-refractivity contribution is 0.0947. The first-order chi connectivity index (χ1) is 13.5. The molecule has 1 N–H and O–H groups in total. The van der Waals surface area contributed by atoms with Crippen LogP contribution in [0.2, 0.25) is 0 Å². The van der Waals surface area contributed by atoms with E-state index in [1.54, 1.807) is 0 Å². The molecule has 2 aromatic carbocycles. The average Bonchev–Trinajstić information content (AvgIpc) is 3.46. The van der Waals surface area contributed by atoms with Gasteiger partial charge < -0.3 is 14.6 Å². The highest BCUT2D eigenvalue weighted by atomic mass is 16.5. The van der Waals surface area contributed by atoms with Gasteiger partial charge in [0, 0.05) is 24.2 Å². The number of benzene rings is 2. The molecule has 1 fully saturated rings. The Kier molecular flexibility index (Phi) is 3.93. The summed E-state index contributed by atoms with van der Waals surface area (Å²) in [6, 6.07) is 10.7. The minimum Gasteiger partial charge on any atom is -0.483 e. The Morgan fingerprint density at radius 1 is 1.21 bits per heavy atom. The van der Waals surface area contributed by atoms with Crippen LogP contribution in [0.5, 0.6) is 5.75 Å². The zero-order valence-electron chi connectivity index (χ0n) is 16.6. The van der Waals surface area contributed by atoms with Crippen LogP contribution >= 0.6 is 0 Å². The fraction of sp³-hybridized carbons (Fsp3) is 0.391. The Morgan fingerprint density at radius 2 is 2.00 bits per heavy atom. The van der Waals surface area contributed by atoms with Crippen LogP contribution in [0, 0.1) is 13.8 Å². The highest BCUT2D eigenvalue weighted by Gasteiger charge is 2.32. The van der Waals surface area contributed by atoms with E-state index in [0.29, 0.717) is 6.04 Å². The zero-order valence-corrected chi connectivity index (χ0v) is 16.6. The number of nitrogens with zero attached hydrogens (tertiary/aromatic N) is 2. The van der Waals surface area contributed by atoms with Gasteiger partial charge in [-0.3, -0.25) is 4.79 Å². The molecule has 1 aliphatic carbocycles. The third-order valence-corrected chi connectivity index (χ3v) is 6.07. The van der Waals surface area contributed by atoms with Gasteiger partial charge in [-0.2, -0.15) is 0 Å². The third kappa shape index (κ3) is 2.77. The summed E-state index contributed by atoms with van der Waals surface area (Å²) >= 11 is 0. The number of fused-ring (bicyclic) bond motifs is 3. The van der Waals surface area contributed by atoms with Crippen molar-refractivity contribution in [1.29, 1.82) is 0 Å². The Labute approximate surface area is 164 Å². The van der Waals surface area contributed by atoms with E-state index < -0.39 is 0 Å². The van der Waals surface area contributed by atoms with Gasteiger partial charge in [0.1, 0.15) is 17.4 Å². The van der Waals surface area contributed by atoms with Gasteiger partial charge in [0.15, 0.2) is 5.75 Å². The van der Waals surface area contributed by atoms with Gasteiger partial charge >= 0.3 is 0 Å². The maximum Gasteiger partial charge on any atom is 0.251 e. The molecule has 5 heteroatoms. The molecule has 0 unspecified atom stereocenters. The van der Waals surface area contributed by atoms with Gasteiger partial charge in [0.25, 0.3) is 5.91 Å². The molecule has 1 aromatic heterocycles. The second-order valence-corrected chi connectivity index (χ2v) is 8.07. The van der Waals surface area contributed by atoms with Crippen molar-refractivity contribution < 1.29 is 9.53 Å².